The first-order valence-corrected chi connectivity index (χ1v) is 8.03. The predicted octanol–water partition coefficient (Wildman–Crippen LogP) is 2.89. The number of non-ortho nitro benzene ring substituents is 1. The molecule has 1 amide bonds. The van der Waals surface area contributed by atoms with Crippen LogP contribution in [0.5, 0.6) is 0 Å². The van der Waals surface area contributed by atoms with Crippen LogP contribution in [0.2, 0.25) is 0 Å². The number of nitrogens with one attached hydrogen (secondary N) is 2. The van der Waals surface area contributed by atoms with Gasteiger partial charge in [-0.1, -0.05) is 18.2 Å². The Morgan fingerprint density at radius 2 is 1.92 bits per heavy atom. The minimum atomic E-state index is -0.509. The van der Waals surface area contributed by atoms with Crippen LogP contribution in [0, 0.1) is 10.1 Å². The van der Waals surface area contributed by atoms with Crippen molar-refractivity contribution in [3.05, 3.63) is 64.2 Å². The largest absolute Gasteiger partial charge is 0.387 e. The van der Waals surface area contributed by atoms with Crippen molar-refractivity contribution in [2.75, 3.05) is 37.4 Å². The van der Waals surface area contributed by atoms with Crippen molar-refractivity contribution in [2.24, 2.45) is 0 Å². The molecule has 2 aromatic carbocycles. The van der Waals surface area contributed by atoms with E-state index in [2.05, 4.69) is 15.5 Å². The predicted molar refractivity (Wildman–Crippen MR) is 99.3 cm³/mol. The monoisotopic (exact) mass is 342 g/mol. The molecule has 132 valence electrons. The number of carbonyl (C=O) groups is 1. The molecule has 0 aliphatic heterocycles. The number of nitro benzene ring substituents is 1. The molecule has 2 rings (SSSR count). The van der Waals surface area contributed by atoms with Gasteiger partial charge in [0.25, 0.3) is 11.6 Å². The number of benzene rings is 2. The molecule has 0 heterocycles. The number of amides is 1. The molecule has 0 aliphatic rings. The van der Waals surface area contributed by atoms with E-state index in [0.29, 0.717) is 12.2 Å². The summed E-state index contributed by atoms with van der Waals surface area (Å²) in [5, 5.41) is 16.6. The summed E-state index contributed by atoms with van der Waals surface area (Å²) in [6.07, 6.45) is 0.765. The fraction of sp³-hybridized carbons (Fsp3) is 0.278. The third-order valence-electron chi connectivity index (χ3n) is 3.88. The normalized spacial score (nSPS) is 10.2. The van der Waals surface area contributed by atoms with Gasteiger partial charge in [-0.2, -0.15) is 0 Å². The highest BCUT2D eigenvalue weighted by Gasteiger charge is 2.15. The Kier molecular flexibility index (Phi) is 6.33. The van der Waals surface area contributed by atoms with Gasteiger partial charge in [-0.05, 0) is 24.6 Å². The van der Waals surface area contributed by atoms with Crippen LogP contribution in [0.1, 0.15) is 16.8 Å². The Bertz CT molecular complexity index is 734. The lowest BCUT2D eigenvalue weighted by atomic mass is 10.1. The first-order chi connectivity index (χ1) is 12.0. The Balaban J connectivity index is 1.90. The molecule has 0 saturated heterocycles. The zero-order chi connectivity index (χ0) is 18.2. The van der Waals surface area contributed by atoms with E-state index >= 15 is 0 Å². The number of para-hydroxylation sites is 1. The van der Waals surface area contributed by atoms with Gasteiger partial charge in [0.15, 0.2) is 0 Å². The van der Waals surface area contributed by atoms with Gasteiger partial charge < -0.3 is 15.5 Å². The summed E-state index contributed by atoms with van der Waals surface area (Å²) in [6.45, 7) is 1.28. The molecule has 0 radical (unpaired) electrons. The average Bonchev–Trinajstić information content (AvgIpc) is 2.64. The van der Waals surface area contributed by atoms with Crippen LogP contribution in [-0.4, -0.2) is 38.0 Å². The van der Waals surface area contributed by atoms with E-state index in [1.165, 1.54) is 18.2 Å². The Morgan fingerprint density at radius 1 is 1.20 bits per heavy atom. The van der Waals surface area contributed by atoms with Crippen molar-refractivity contribution in [1.82, 2.24) is 5.32 Å². The molecule has 0 aromatic heterocycles. The molecule has 0 spiro atoms. The van der Waals surface area contributed by atoms with Crippen LogP contribution < -0.4 is 15.5 Å². The summed E-state index contributed by atoms with van der Waals surface area (Å²) in [4.78, 5) is 24.8. The second-order valence-electron chi connectivity index (χ2n) is 5.60. The Labute approximate surface area is 146 Å². The smallest absolute Gasteiger partial charge is 0.270 e. The average molecular weight is 342 g/mol. The van der Waals surface area contributed by atoms with Gasteiger partial charge in [-0.3, -0.25) is 14.9 Å². The number of hydrogen-bond acceptors (Lipinski definition) is 5. The number of rotatable bonds is 8. The molecule has 0 bridgehead atoms. The summed E-state index contributed by atoms with van der Waals surface area (Å²) in [5.41, 5.74) is 1.84. The standard InChI is InChI=1S/C18H22N4O3/c1-19-17-10-9-15(22(24)25)13-16(17)18(23)20-11-6-12-21(2)14-7-4-3-5-8-14/h3-5,7-10,13,19H,6,11-12H2,1-2H3,(H,20,23). The molecule has 2 aromatic rings. The van der Waals surface area contributed by atoms with Gasteiger partial charge in [0.05, 0.1) is 10.5 Å². The minimum absolute atomic E-state index is 0.104. The van der Waals surface area contributed by atoms with Crippen LogP contribution in [-0.2, 0) is 0 Å². The number of carbonyl (C=O) groups excluding carboxylic acids is 1. The quantitative estimate of drug-likeness (QED) is 0.437. The molecule has 0 saturated carbocycles. The third-order valence-corrected chi connectivity index (χ3v) is 3.88. The van der Waals surface area contributed by atoms with E-state index in [4.69, 9.17) is 0 Å². The van der Waals surface area contributed by atoms with E-state index in [1.807, 2.05) is 37.4 Å². The topological polar surface area (TPSA) is 87.5 Å². The third kappa shape index (κ3) is 4.94. The van der Waals surface area contributed by atoms with E-state index in [0.717, 1.165) is 18.7 Å². The highest BCUT2D eigenvalue weighted by Crippen LogP contribution is 2.21. The first-order valence-electron chi connectivity index (χ1n) is 8.03. The van der Waals surface area contributed by atoms with Crippen LogP contribution in [0.3, 0.4) is 0 Å². The lowest BCUT2D eigenvalue weighted by Crippen LogP contribution is -2.28. The molecule has 0 aliphatic carbocycles. The second-order valence-corrected chi connectivity index (χ2v) is 5.60. The SMILES string of the molecule is CNc1ccc([N+](=O)[O-])cc1C(=O)NCCCN(C)c1ccccc1. The van der Waals surface area contributed by atoms with E-state index in [1.54, 1.807) is 7.05 Å². The highest BCUT2D eigenvalue weighted by molar-refractivity contribution is 6.00. The number of nitrogens with zero attached hydrogens (tertiary/aromatic N) is 2. The van der Waals surface area contributed by atoms with Crippen molar-refractivity contribution in [2.45, 2.75) is 6.42 Å². The van der Waals surface area contributed by atoms with Gasteiger partial charge >= 0.3 is 0 Å². The Hall–Kier alpha value is -3.09. The molecule has 2 N–H and O–H groups in total. The van der Waals surface area contributed by atoms with Gasteiger partial charge in [-0.25, -0.2) is 0 Å². The molecule has 7 nitrogen and oxygen atoms in total. The van der Waals surface area contributed by atoms with Gasteiger partial charge in [-0.15, -0.1) is 0 Å². The van der Waals surface area contributed by atoms with Crippen LogP contribution in [0.4, 0.5) is 17.1 Å². The molecule has 0 unspecified atom stereocenters. The second kappa shape index (κ2) is 8.68. The summed E-state index contributed by atoms with van der Waals surface area (Å²) in [6, 6.07) is 14.2. The highest BCUT2D eigenvalue weighted by atomic mass is 16.6. The molecular weight excluding hydrogens is 320 g/mol. The molecule has 25 heavy (non-hydrogen) atoms. The van der Waals surface area contributed by atoms with Crippen molar-refractivity contribution < 1.29 is 9.72 Å². The maximum absolute atomic E-state index is 12.3. The van der Waals surface area contributed by atoms with Crippen molar-refractivity contribution in [3.63, 3.8) is 0 Å². The van der Waals surface area contributed by atoms with Crippen LogP contribution in [0.15, 0.2) is 48.5 Å². The van der Waals surface area contributed by atoms with Gasteiger partial charge in [0.1, 0.15) is 0 Å². The molecule has 0 atom stereocenters. The van der Waals surface area contributed by atoms with Crippen LogP contribution in [0.25, 0.3) is 0 Å². The van der Waals surface area contributed by atoms with Crippen molar-refractivity contribution in [1.29, 1.82) is 0 Å². The minimum Gasteiger partial charge on any atom is -0.387 e. The number of hydrogen-bond donors (Lipinski definition) is 2. The lowest BCUT2D eigenvalue weighted by molar-refractivity contribution is -0.384. The summed E-state index contributed by atoms with van der Waals surface area (Å²) in [7, 11) is 3.67. The van der Waals surface area contributed by atoms with E-state index in [9.17, 15) is 14.9 Å². The number of anilines is 2. The zero-order valence-corrected chi connectivity index (χ0v) is 14.4. The van der Waals surface area contributed by atoms with Gasteiger partial charge in [0.2, 0.25) is 0 Å². The summed E-state index contributed by atoms with van der Waals surface area (Å²) < 4.78 is 0. The van der Waals surface area contributed by atoms with E-state index in [-0.39, 0.29) is 17.2 Å². The summed E-state index contributed by atoms with van der Waals surface area (Å²) >= 11 is 0. The lowest BCUT2D eigenvalue weighted by Gasteiger charge is -2.19. The Morgan fingerprint density at radius 3 is 2.56 bits per heavy atom. The molecular formula is C18H22N4O3. The zero-order valence-electron chi connectivity index (χ0n) is 14.4. The van der Waals surface area contributed by atoms with Gasteiger partial charge in [0, 0.05) is 50.7 Å². The maximum Gasteiger partial charge on any atom is 0.270 e. The fourth-order valence-electron chi connectivity index (χ4n) is 2.48. The molecule has 7 heteroatoms. The van der Waals surface area contributed by atoms with Crippen molar-refractivity contribution >= 4 is 23.0 Å². The maximum atomic E-state index is 12.3. The fourth-order valence-corrected chi connectivity index (χ4v) is 2.48. The van der Waals surface area contributed by atoms with Crippen LogP contribution >= 0.6 is 0 Å². The molecule has 0 fully saturated rings. The van der Waals surface area contributed by atoms with Crippen molar-refractivity contribution in [3.8, 4) is 0 Å². The number of nitro groups is 1. The van der Waals surface area contributed by atoms with E-state index < -0.39 is 4.92 Å². The summed E-state index contributed by atoms with van der Waals surface area (Å²) in [5.74, 6) is -0.324. The first kappa shape index (κ1) is 18.3.